The molecule has 0 N–H and O–H groups in total. The SMILES string of the molecule is FC(F)(F)Cn1c(Sc2ncnc3c2oc2ccccc23)nnc1-c1ccncc1. The van der Waals surface area contributed by atoms with Crippen molar-refractivity contribution < 1.29 is 17.6 Å². The molecule has 0 atom stereocenters. The summed E-state index contributed by atoms with van der Waals surface area (Å²) in [6, 6.07) is 10.5. The summed E-state index contributed by atoms with van der Waals surface area (Å²) in [6.07, 6.45) is -0.144. The van der Waals surface area contributed by atoms with Crippen LogP contribution in [0.4, 0.5) is 13.2 Å². The van der Waals surface area contributed by atoms with Gasteiger partial charge in [0.05, 0.1) is 0 Å². The first-order chi connectivity index (χ1) is 14.5. The molecule has 4 aromatic heterocycles. The summed E-state index contributed by atoms with van der Waals surface area (Å²) in [6.45, 7) is -1.24. The van der Waals surface area contributed by atoms with Crippen molar-refractivity contribution >= 4 is 33.8 Å². The van der Waals surface area contributed by atoms with Gasteiger partial charge in [0, 0.05) is 23.3 Å². The van der Waals surface area contributed by atoms with Crippen LogP contribution in [0, 0.1) is 0 Å². The van der Waals surface area contributed by atoms with E-state index < -0.39 is 12.7 Å². The van der Waals surface area contributed by atoms with Gasteiger partial charge in [-0.05, 0) is 36.0 Å². The molecule has 0 saturated heterocycles. The number of benzene rings is 1. The monoisotopic (exact) mass is 428 g/mol. The molecule has 0 aliphatic carbocycles. The predicted octanol–water partition coefficient (Wildman–Crippen LogP) is 4.74. The molecule has 5 rings (SSSR count). The zero-order chi connectivity index (χ0) is 20.7. The Morgan fingerprint density at radius 3 is 2.60 bits per heavy atom. The molecule has 0 bridgehead atoms. The number of halogens is 3. The van der Waals surface area contributed by atoms with E-state index in [2.05, 4.69) is 25.1 Å². The molecular weight excluding hydrogens is 417 g/mol. The van der Waals surface area contributed by atoms with Crippen molar-refractivity contribution in [3.8, 4) is 11.4 Å². The quantitative estimate of drug-likeness (QED) is 0.382. The Morgan fingerprint density at radius 2 is 1.80 bits per heavy atom. The molecule has 0 aliphatic heterocycles. The van der Waals surface area contributed by atoms with Gasteiger partial charge in [-0.15, -0.1) is 10.2 Å². The predicted molar refractivity (Wildman–Crippen MR) is 103 cm³/mol. The Morgan fingerprint density at radius 1 is 1.00 bits per heavy atom. The number of nitrogens with zero attached hydrogens (tertiary/aromatic N) is 6. The molecule has 0 radical (unpaired) electrons. The van der Waals surface area contributed by atoms with Gasteiger partial charge in [0.2, 0.25) is 0 Å². The van der Waals surface area contributed by atoms with Gasteiger partial charge < -0.3 is 4.42 Å². The van der Waals surface area contributed by atoms with Crippen molar-refractivity contribution in [1.82, 2.24) is 29.7 Å². The highest BCUT2D eigenvalue weighted by atomic mass is 32.2. The lowest BCUT2D eigenvalue weighted by Crippen LogP contribution is -2.19. The molecule has 1 aromatic carbocycles. The minimum Gasteiger partial charge on any atom is -0.451 e. The fourth-order valence-electron chi connectivity index (χ4n) is 3.06. The maximum atomic E-state index is 13.3. The van der Waals surface area contributed by atoms with Gasteiger partial charge in [-0.3, -0.25) is 9.55 Å². The van der Waals surface area contributed by atoms with Gasteiger partial charge >= 0.3 is 6.18 Å². The van der Waals surface area contributed by atoms with Crippen LogP contribution in [-0.2, 0) is 6.54 Å². The summed E-state index contributed by atoms with van der Waals surface area (Å²) >= 11 is 0.944. The van der Waals surface area contributed by atoms with E-state index in [0.717, 1.165) is 21.7 Å². The molecule has 0 spiro atoms. The number of hydrogen-bond donors (Lipinski definition) is 0. The average molecular weight is 428 g/mol. The summed E-state index contributed by atoms with van der Waals surface area (Å²) < 4.78 is 46.7. The van der Waals surface area contributed by atoms with Crippen LogP contribution in [0.25, 0.3) is 33.5 Å². The van der Waals surface area contributed by atoms with Crippen LogP contribution in [0.3, 0.4) is 0 Å². The maximum absolute atomic E-state index is 13.3. The molecular formula is C19H11F3N6OS. The number of para-hydroxylation sites is 1. The first-order valence-electron chi connectivity index (χ1n) is 8.70. The standard InChI is InChI=1S/C19H11F3N6OS/c20-19(21,22)9-28-16(11-5-7-23-8-6-11)26-27-18(28)30-17-15-14(24-10-25-17)12-3-1-2-4-13(12)29-15/h1-8,10H,9H2. The van der Waals surface area contributed by atoms with Crippen molar-refractivity contribution in [2.24, 2.45) is 0 Å². The fraction of sp³-hybridized carbons (Fsp3) is 0.105. The highest BCUT2D eigenvalue weighted by Crippen LogP contribution is 2.37. The third-order valence-corrected chi connectivity index (χ3v) is 5.27. The van der Waals surface area contributed by atoms with Gasteiger partial charge in [-0.2, -0.15) is 13.2 Å². The summed E-state index contributed by atoms with van der Waals surface area (Å²) in [5, 5.41) is 9.16. The average Bonchev–Trinajstić information content (AvgIpc) is 3.30. The van der Waals surface area contributed by atoms with Crippen molar-refractivity contribution in [1.29, 1.82) is 0 Å². The number of furan rings is 1. The second kappa shape index (κ2) is 7.10. The topological polar surface area (TPSA) is 82.5 Å². The van der Waals surface area contributed by atoms with Gasteiger partial charge in [0.15, 0.2) is 21.6 Å². The normalized spacial score (nSPS) is 12.1. The molecule has 0 saturated carbocycles. The number of fused-ring (bicyclic) bond motifs is 3. The summed E-state index contributed by atoms with van der Waals surface area (Å²) in [7, 11) is 0. The first kappa shape index (κ1) is 18.6. The van der Waals surface area contributed by atoms with E-state index in [0.29, 0.717) is 27.3 Å². The second-order valence-electron chi connectivity index (χ2n) is 6.30. The lowest BCUT2D eigenvalue weighted by Gasteiger charge is -2.12. The third kappa shape index (κ3) is 3.36. The van der Waals surface area contributed by atoms with Gasteiger partial charge in [0.1, 0.15) is 24.0 Å². The number of aromatic nitrogens is 6. The molecule has 150 valence electrons. The van der Waals surface area contributed by atoms with Crippen LogP contribution in [0.1, 0.15) is 0 Å². The highest BCUT2D eigenvalue weighted by molar-refractivity contribution is 7.99. The Bertz CT molecular complexity index is 1350. The van der Waals surface area contributed by atoms with Crippen LogP contribution in [0.15, 0.2) is 69.7 Å². The minimum absolute atomic E-state index is 0.0413. The molecule has 7 nitrogen and oxygen atoms in total. The van der Waals surface area contributed by atoms with Gasteiger partial charge in [0.25, 0.3) is 0 Å². The minimum atomic E-state index is -4.46. The first-order valence-corrected chi connectivity index (χ1v) is 9.52. The number of hydrogen-bond acceptors (Lipinski definition) is 7. The van der Waals surface area contributed by atoms with E-state index in [-0.39, 0.29) is 11.0 Å². The lowest BCUT2D eigenvalue weighted by molar-refractivity contribution is -0.141. The molecule has 11 heteroatoms. The van der Waals surface area contributed by atoms with E-state index in [9.17, 15) is 13.2 Å². The number of alkyl halides is 3. The zero-order valence-corrected chi connectivity index (χ0v) is 15.9. The Kier molecular flexibility index (Phi) is 4.39. The largest absolute Gasteiger partial charge is 0.451 e. The Labute approximate surface area is 171 Å². The van der Waals surface area contributed by atoms with Crippen LogP contribution in [0.2, 0.25) is 0 Å². The molecule has 5 aromatic rings. The van der Waals surface area contributed by atoms with Gasteiger partial charge in [-0.1, -0.05) is 12.1 Å². The molecule has 0 aliphatic rings. The zero-order valence-electron chi connectivity index (χ0n) is 15.0. The number of pyridine rings is 1. The second-order valence-corrected chi connectivity index (χ2v) is 7.26. The van der Waals surface area contributed by atoms with E-state index in [1.807, 2.05) is 18.2 Å². The summed E-state index contributed by atoms with van der Waals surface area (Å²) in [5.41, 5.74) is 2.06. The van der Waals surface area contributed by atoms with Crippen LogP contribution < -0.4 is 0 Å². The van der Waals surface area contributed by atoms with Crippen LogP contribution in [-0.4, -0.2) is 35.9 Å². The third-order valence-electron chi connectivity index (χ3n) is 4.31. The summed E-state index contributed by atoms with van der Waals surface area (Å²) in [5.74, 6) is 0.0899. The van der Waals surface area contributed by atoms with E-state index in [1.54, 1.807) is 18.2 Å². The van der Waals surface area contributed by atoms with E-state index in [1.165, 1.54) is 18.7 Å². The fourth-order valence-corrected chi connectivity index (χ4v) is 3.91. The highest BCUT2D eigenvalue weighted by Gasteiger charge is 2.32. The molecule has 0 amide bonds. The Hall–Kier alpha value is -3.47. The molecule has 0 unspecified atom stereocenters. The van der Waals surface area contributed by atoms with Gasteiger partial charge in [-0.25, -0.2) is 9.97 Å². The maximum Gasteiger partial charge on any atom is 0.406 e. The summed E-state index contributed by atoms with van der Waals surface area (Å²) in [4.78, 5) is 12.4. The smallest absolute Gasteiger partial charge is 0.406 e. The van der Waals surface area contributed by atoms with E-state index >= 15 is 0 Å². The van der Waals surface area contributed by atoms with Crippen molar-refractivity contribution in [3.05, 3.63) is 55.1 Å². The molecule has 4 heterocycles. The number of rotatable bonds is 4. The van der Waals surface area contributed by atoms with Crippen LogP contribution >= 0.6 is 11.8 Å². The van der Waals surface area contributed by atoms with Crippen molar-refractivity contribution in [2.45, 2.75) is 22.9 Å². The Balaban J connectivity index is 1.62. The van der Waals surface area contributed by atoms with E-state index in [4.69, 9.17) is 4.42 Å². The molecule has 0 fully saturated rings. The van der Waals surface area contributed by atoms with Crippen LogP contribution in [0.5, 0.6) is 0 Å². The van der Waals surface area contributed by atoms with Crippen molar-refractivity contribution in [3.63, 3.8) is 0 Å². The van der Waals surface area contributed by atoms with Crippen molar-refractivity contribution in [2.75, 3.05) is 0 Å². The molecule has 30 heavy (non-hydrogen) atoms. The lowest BCUT2D eigenvalue weighted by atomic mass is 10.2.